The normalized spacial score (nSPS) is 14.3. The average molecular weight is 399 g/mol. The smallest absolute Gasteiger partial charge is 0.126 e. The number of rotatable bonds is 3. The highest BCUT2D eigenvalue weighted by atomic mass is 19.1. The fourth-order valence-electron chi connectivity index (χ4n) is 4.04. The van der Waals surface area contributed by atoms with Crippen LogP contribution in [0.1, 0.15) is 5.56 Å². The van der Waals surface area contributed by atoms with Gasteiger partial charge in [0.15, 0.2) is 0 Å². The quantitative estimate of drug-likeness (QED) is 0.472. The lowest BCUT2D eigenvalue weighted by molar-refractivity contribution is 0.123. The average Bonchev–Trinajstić information content (AvgIpc) is 2.81. The van der Waals surface area contributed by atoms with Crippen molar-refractivity contribution in [1.82, 2.24) is 9.97 Å². The molecule has 0 atom stereocenters. The van der Waals surface area contributed by atoms with Crippen molar-refractivity contribution < 1.29 is 9.13 Å². The van der Waals surface area contributed by atoms with E-state index in [2.05, 4.69) is 45.2 Å². The number of benzene rings is 2. The summed E-state index contributed by atoms with van der Waals surface area (Å²) < 4.78 is 19.3. The predicted octanol–water partition coefficient (Wildman–Crippen LogP) is 5.25. The van der Waals surface area contributed by atoms with Crippen molar-refractivity contribution in [3.63, 3.8) is 0 Å². The zero-order valence-corrected chi connectivity index (χ0v) is 16.8. The Balaban J connectivity index is 1.64. The highest BCUT2D eigenvalue weighted by molar-refractivity contribution is 5.96. The number of halogens is 1. The van der Waals surface area contributed by atoms with Crippen LogP contribution < -0.4 is 4.90 Å². The number of nitrogens with zero attached hydrogens (tertiary/aromatic N) is 3. The Morgan fingerprint density at radius 3 is 2.57 bits per heavy atom. The monoisotopic (exact) mass is 399 g/mol. The number of anilines is 1. The largest absolute Gasteiger partial charge is 0.378 e. The van der Waals surface area contributed by atoms with Crippen molar-refractivity contribution in [3.05, 3.63) is 78.4 Å². The third-order valence-electron chi connectivity index (χ3n) is 5.62. The summed E-state index contributed by atoms with van der Waals surface area (Å²) in [4.78, 5) is 11.5. The highest BCUT2D eigenvalue weighted by Crippen LogP contribution is 2.35. The maximum Gasteiger partial charge on any atom is 0.126 e. The molecule has 0 radical (unpaired) electrons. The summed E-state index contributed by atoms with van der Waals surface area (Å²) in [5.74, 6) is -0.205. The molecule has 1 fully saturated rings. The van der Waals surface area contributed by atoms with Gasteiger partial charge < -0.3 is 9.64 Å². The van der Waals surface area contributed by atoms with Crippen LogP contribution in [0.25, 0.3) is 33.3 Å². The van der Waals surface area contributed by atoms with Crippen LogP contribution in [0.15, 0.2) is 67.0 Å². The van der Waals surface area contributed by atoms with Crippen molar-refractivity contribution in [2.24, 2.45) is 0 Å². The van der Waals surface area contributed by atoms with Gasteiger partial charge in [-0.2, -0.15) is 0 Å². The summed E-state index contributed by atoms with van der Waals surface area (Å²) in [7, 11) is 0. The van der Waals surface area contributed by atoms with Gasteiger partial charge in [0.1, 0.15) is 5.82 Å². The van der Waals surface area contributed by atoms with Crippen LogP contribution in [0.2, 0.25) is 0 Å². The Kier molecular flexibility index (Phi) is 4.89. The van der Waals surface area contributed by atoms with Crippen molar-refractivity contribution in [1.29, 1.82) is 0 Å². The lowest BCUT2D eigenvalue weighted by Gasteiger charge is -2.29. The van der Waals surface area contributed by atoms with Gasteiger partial charge in [0.25, 0.3) is 0 Å². The van der Waals surface area contributed by atoms with Gasteiger partial charge in [-0.3, -0.25) is 9.97 Å². The van der Waals surface area contributed by atoms with Crippen LogP contribution in [-0.4, -0.2) is 36.3 Å². The third kappa shape index (κ3) is 3.42. The van der Waals surface area contributed by atoms with Gasteiger partial charge in [0.05, 0.1) is 24.4 Å². The van der Waals surface area contributed by atoms with Gasteiger partial charge in [-0.25, -0.2) is 4.39 Å². The Labute approximate surface area is 175 Å². The summed E-state index contributed by atoms with van der Waals surface area (Å²) in [5, 5.41) is 1.11. The number of hydrogen-bond acceptors (Lipinski definition) is 4. The Hall–Kier alpha value is -3.31. The van der Waals surface area contributed by atoms with E-state index in [4.69, 9.17) is 4.74 Å². The highest BCUT2D eigenvalue weighted by Gasteiger charge is 2.16. The molecule has 0 N–H and O–H groups in total. The zero-order valence-electron chi connectivity index (χ0n) is 16.8. The summed E-state index contributed by atoms with van der Waals surface area (Å²) in [6, 6.07) is 17.5. The molecule has 1 saturated heterocycles. The number of hydrogen-bond donors (Lipinski definition) is 0. The molecule has 4 nitrogen and oxygen atoms in total. The van der Waals surface area contributed by atoms with E-state index >= 15 is 0 Å². The van der Waals surface area contributed by atoms with Gasteiger partial charge in [0.2, 0.25) is 0 Å². The van der Waals surface area contributed by atoms with E-state index in [0.29, 0.717) is 5.56 Å². The molecule has 4 aromatic rings. The second-order valence-corrected chi connectivity index (χ2v) is 7.52. The van der Waals surface area contributed by atoms with E-state index in [1.807, 2.05) is 18.3 Å². The molecule has 2 aromatic heterocycles. The molecule has 3 heterocycles. The summed E-state index contributed by atoms with van der Waals surface area (Å²) in [6.45, 7) is 4.99. The maximum absolute atomic E-state index is 13.8. The van der Waals surface area contributed by atoms with E-state index in [9.17, 15) is 4.39 Å². The molecule has 5 rings (SSSR count). The zero-order chi connectivity index (χ0) is 20.5. The van der Waals surface area contributed by atoms with Crippen LogP contribution in [0.5, 0.6) is 0 Å². The topological polar surface area (TPSA) is 38.2 Å². The van der Waals surface area contributed by atoms with Crippen LogP contribution in [0.3, 0.4) is 0 Å². The lowest BCUT2D eigenvalue weighted by Crippen LogP contribution is -2.36. The van der Waals surface area contributed by atoms with Gasteiger partial charge in [-0.15, -0.1) is 0 Å². The first-order chi connectivity index (χ1) is 14.7. The van der Waals surface area contributed by atoms with E-state index in [1.165, 1.54) is 11.8 Å². The maximum atomic E-state index is 13.8. The SMILES string of the molecule is Cc1cc(-c2ncccc2-c2ccc3nccc(N4CCOCC4)c3c2)ccc1F. The summed E-state index contributed by atoms with van der Waals surface area (Å²) in [6.07, 6.45) is 3.64. The second-order valence-electron chi connectivity index (χ2n) is 7.52. The van der Waals surface area contributed by atoms with E-state index in [0.717, 1.165) is 59.6 Å². The van der Waals surface area contributed by atoms with Gasteiger partial charge in [-0.05, 0) is 60.5 Å². The lowest BCUT2D eigenvalue weighted by atomic mass is 9.97. The van der Waals surface area contributed by atoms with Crippen LogP contribution in [-0.2, 0) is 4.74 Å². The third-order valence-corrected chi connectivity index (χ3v) is 5.62. The first-order valence-corrected chi connectivity index (χ1v) is 10.1. The number of pyridine rings is 2. The second kappa shape index (κ2) is 7.84. The number of aryl methyl sites for hydroxylation is 1. The fourth-order valence-corrected chi connectivity index (χ4v) is 4.04. The fraction of sp³-hybridized carbons (Fsp3) is 0.200. The Morgan fingerprint density at radius 2 is 1.73 bits per heavy atom. The molecular weight excluding hydrogens is 377 g/mol. The first kappa shape index (κ1) is 18.7. The first-order valence-electron chi connectivity index (χ1n) is 10.1. The van der Waals surface area contributed by atoms with E-state index in [-0.39, 0.29) is 5.82 Å². The molecule has 1 aliphatic rings. The molecule has 150 valence electrons. The van der Waals surface area contributed by atoms with Crippen LogP contribution >= 0.6 is 0 Å². The number of aromatic nitrogens is 2. The predicted molar refractivity (Wildman–Crippen MR) is 118 cm³/mol. The molecule has 2 aromatic carbocycles. The molecule has 0 aliphatic carbocycles. The Morgan fingerprint density at radius 1 is 0.900 bits per heavy atom. The molecule has 0 bridgehead atoms. The van der Waals surface area contributed by atoms with Crippen LogP contribution in [0.4, 0.5) is 10.1 Å². The summed E-state index contributed by atoms with van der Waals surface area (Å²) >= 11 is 0. The molecular formula is C25H22FN3O. The molecule has 30 heavy (non-hydrogen) atoms. The Bertz CT molecular complexity index is 1220. The molecule has 0 spiro atoms. The standard InChI is InChI=1S/C25H22FN3O/c1-17-15-19(4-6-22(17)26)25-20(3-2-9-28-25)18-5-7-23-21(16-18)24(8-10-27-23)29-11-13-30-14-12-29/h2-10,15-16H,11-14H2,1H3. The van der Waals surface area contributed by atoms with Crippen molar-refractivity contribution in [2.75, 3.05) is 31.2 Å². The van der Waals surface area contributed by atoms with Gasteiger partial charge in [0, 0.05) is 47.7 Å². The molecule has 1 aliphatic heterocycles. The molecule has 5 heteroatoms. The number of ether oxygens (including phenoxy) is 1. The van der Waals surface area contributed by atoms with E-state index in [1.54, 1.807) is 19.2 Å². The van der Waals surface area contributed by atoms with Crippen molar-refractivity contribution >= 4 is 16.6 Å². The number of fused-ring (bicyclic) bond motifs is 1. The minimum absolute atomic E-state index is 0.205. The molecule has 0 saturated carbocycles. The van der Waals surface area contributed by atoms with Crippen molar-refractivity contribution in [2.45, 2.75) is 6.92 Å². The minimum atomic E-state index is -0.205. The van der Waals surface area contributed by atoms with Gasteiger partial charge in [-0.1, -0.05) is 12.1 Å². The minimum Gasteiger partial charge on any atom is -0.378 e. The van der Waals surface area contributed by atoms with Gasteiger partial charge >= 0.3 is 0 Å². The van der Waals surface area contributed by atoms with Crippen molar-refractivity contribution in [3.8, 4) is 22.4 Å². The molecule has 0 unspecified atom stereocenters. The molecule has 0 amide bonds. The van der Waals surface area contributed by atoms with Crippen LogP contribution in [0, 0.1) is 12.7 Å². The van der Waals surface area contributed by atoms with E-state index < -0.39 is 0 Å². The summed E-state index contributed by atoms with van der Waals surface area (Å²) in [5.41, 5.74) is 6.58. The number of morpholine rings is 1.